The topological polar surface area (TPSA) is 46.2 Å². The number of hydrogen-bond acceptors (Lipinski definition) is 2. The van der Waals surface area contributed by atoms with Crippen LogP contribution in [0, 0.1) is 13.8 Å². The van der Waals surface area contributed by atoms with Crippen molar-refractivity contribution >= 4 is 43.2 Å². The molecule has 0 aliphatic rings. The van der Waals surface area contributed by atoms with E-state index in [9.17, 15) is 8.42 Å². The molecule has 0 aromatic heterocycles. The van der Waals surface area contributed by atoms with E-state index in [2.05, 4.69) is 20.7 Å². The van der Waals surface area contributed by atoms with Crippen LogP contribution in [0.25, 0.3) is 0 Å². The van der Waals surface area contributed by atoms with Crippen molar-refractivity contribution in [2.24, 2.45) is 0 Å². The number of sulfonamides is 1. The van der Waals surface area contributed by atoms with Crippen LogP contribution in [-0.4, -0.2) is 8.42 Å². The van der Waals surface area contributed by atoms with Crippen molar-refractivity contribution in [3.8, 4) is 0 Å². The zero-order valence-electron chi connectivity index (χ0n) is 10.9. The molecule has 0 aliphatic heterocycles. The molecule has 2 rings (SSSR count). The summed E-state index contributed by atoms with van der Waals surface area (Å²) < 4.78 is 28.3. The van der Waals surface area contributed by atoms with Gasteiger partial charge in [-0.25, -0.2) is 8.42 Å². The normalized spacial score (nSPS) is 11.4. The standard InChI is InChI=1S/C14H13BrClNO2S/c1-9-7-11(15)8-10(2)14(9)17-20(18,19)13-6-4-3-5-12(13)16/h3-8,17H,1-2H3. The number of halogens is 2. The van der Waals surface area contributed by atoms with Crippen molar-refractivity contribution < 1.29 is 8.42 Å². The van der Waals surface area contributed by atoms with Crippen molar-refractivity contribution in [2.75, 3.05) is 4.72 Å². The van der Waals surface area contributed by atoms with E-state index in [1.165, 1.54) is 6.07 Å². The lowest BCUT2D eigenvalue weighted by atomic mass is 10.1. The molecule has 0 saturated heterocycles. The maximum Gasteiger partial charge on any atom is 0.263 e. The second kappa shape index (κ2) is 5.76. The van der Waals surface area contributed by atoms with Crippen LogP contribution >= 0.6 is 27.5 Å². The Labute approximate surface area is 132 Å². The molecule has 0 aliphatic carbocycles. The van der Waals surface area contributed by atoms with Crippen LogP contribution < -0.4 is 4.72 Å². The van der Waals surface area contributed by atoms with E-state index in [0.29, 0.717) is 5.69 Å². The van der Waals surface area contributed by atoms with Gasteiger partial charge in [-0.1, -0.05) is 39.7 Å². The Bertz CT molecular complexity index is 737. The Morgan fingerprint density at radius 2 is 1.65 bits per heavy atom. The predicted octanol–water partition coefficient (Wildman–Crippen LogP) is 4.52. The van der Waals surface area contributed by atoms with Gasteiger partial charge < -0.3 is 0 Å². The first-order chi connectivity index (χ1) is 9.31. The minimum atomic E-state index is -3.70. The van der Waals surface area contributed by atoms with E-state index in [0.717, 1.165) is 15.6 Å². The van der Waals surface area contributed by atoms with Crippen LogP contribution in [0.2, 0.25) is 5.02 Å². The van der Waals surface area contributed by atoms with Crippen molar-refractivity contribution in [2.45, 2.75) is 18.7 Å². The van der Waals surface area contributed by atoms with E-state index in [1.54, 1.807) is 18.2 Å². The van der Waals surface area contributed by atoms with E-state index < -0.39 is 10.0 Å². The Morgan fingerprint density at radius 3 is 2.20 bits per heavy atom. The van der Waals surface area contributed by atoms with Gasteiger partial charge >= 0.3 is 0 Å². The maximum absolute atomic E-state index is 12.4. The largest absolute Gasteiger partial charge is 0.279 e. The first-order valence-electron chi connectivity index (χ1n) is 5.85. The van der Waals surface area contributed by atoms with E-state index in [-0.39, 0.29) is 9.92 Å². The summed E-state index contributed by atoms with van der Waals surface area (Å²) in [7, 11) is -3.70. The molecular weight excluding hydrogens is 362 g/mol. The fourth-order valence-corrected chi connectivity index (χ4v) is 4.33. The Hall–Kier alpha value is -1.04. The summed E-state index contributed by atoms with van der Waals surface area (Å²) in [5.41, 5.74) is 2.26. The maximum atomic E-state index is 12.4. The summed E-state index contributed by atoms with van der Waals surface area (Å²) in [4.78, 5) is 0.0726. The van der Waals surface area contributed by atoms with Gasteiger partial charge in [0.15, 0.2) is 0 Å². The Morgan fingerprint density at radius 1 is 1.10 bits per heavy atom. The zero-order valence-corrected chi connectivity index (χ0v) is 14.1. The van der Waals surface area contributed by atoms with Crippen LogP contribution in [0.3, 0.4) is 0 Å². The van der Waals surface area contributed by atoms with E-state index in [1.807, 2.05) is 26.0 Å². The monoisotopic (exact) mass is 373 g/mol. The molecular formula is C14H13BrClNO2S. The summed E-state index contributed by atoms with van der Waals surface area (Å²) in [6.07, 6.45) is 0. The highest BCUT2D eigenvalue weighted by molar-refractivity contribution is 9.10. The number of anilines is 1. The Kier molecular flexibility index (Phi) is 4.42. The van der Waals surface area contributed by atoms with Crippen LogP contribution in [0.5, 0.6) is 0 Å². The van der Waals surface area contributed by atoms with Gasteiger partial charge in [-0.05, 0) is 49.2 Å². The quantitative estimate of drug-likeness (QED) is 0.858. The van der Waals surface area contributed by atoms with Crippen LogP contribution in [-0.2, 0) is 10.0 Å². The molecule has 3 nitrogen and oxygen atoms in total. The SMILES string of the molecule is Cc1cc(Br)cc(C)c1NS(=O)(=O)c1ccccc1Cl. The van der Waals surface area contributed by atoms with Gasteiger partial charge in [0.05, 0.1) is 10.7 Å². The first kappa shape index (κ1) is 15.4. The molecule has 6 heteroatoms. The van der Waals surface area contributed by atoms with Gasteiger partial charge in [-0.2, -0.15) is 0 Å². The predicted molar refractivity (Wildman–Crippen MR) is 85.9 cm³/mol. The van der Waals surface area contributed by atoms with Crippen molar-refractivity contribution in [1.82, 2.24) is 0 Å². The fourth-order valence-electron chi connectivity index (χ4n) is 1.92. The zero-order chi connectivity index (χ0) is 14.9. The number of nitrogens with one attached hydrogen (secondary N) is 1. The summed E-state index contributed by atoms with van der Waals surface area (Å²) in [6, 6.07) is 10.1. The van der Waals surface area contributed by atoms with E-state index >= 15 is 0 Å². The molecule has 0 fully saturated rings. The molecule has 0 heterocycles. The molecule has 1 N–H and O–H groups in total. The van der Waals surface area contributed by atoms with Crippen molar-refractivity contribution in [3.63, 3.8) is 0 Å². The highest BCUT2D eigenvalue weighted by atomic mass is 79.9. The third-order valence-electron chi connectivity index (χ3n) is 2.86. The Balaban J connectivity index is 2.47. The summed E-state index contributed by atoms with van der Waals surface area (Å²) >= 11 is 9.34. The summed E-state index contributed by atoms with van der Waals surface area (Å²) in [5.74, 6) is 0. The number of benzene rings is 2. The first-order valence-corrected chi connectivity index (χ1v) is 8.51. The molecule has 0 amide bonds. The van der Waals surface area contributed by atoms with Gasteiger partial charge in [0.1, 0.15) is 4.90 Å². The van der Waals surface area contributed by atoms with Crippen molar-refractivity contribution in [1.29, 1.82) is 0 Å². The number of hydrogen-bond donors (Lipinski definition) is 1. The smallest absolute Gasteiger partial charge is 0.263 e. The van der Waals surface area contributed by atoms with Gasteiger partial charge in [0.2, 0.25) is 0 Å². The third kappa shape index (κ3) is 3.16. The second-order valence-corrected chi connectivity index (χ2v) is 7.42. The molecule has 0 atom stereocenters. The van der Waals surface area contributed by atoms with Crippen LogP contribution in [0.15, 0.2) is 45.8 Å². The second-order valence-electron chi connectivity index (χ2n) is 4.45. The lowest BCUT2D eigenvalue weighted by molar-refractivity contribution is 0.601. The average Bonchev–Trinajstić information content (AvgIpc) is 2.34. The van der Waals surface area contributed by atoms with Gasteiger partial charge in [0, 0.05) is 4.47 Å². The number of aryl methyl sites for hydroxylation is 2. The fraction of sp³-hybridized carbons (Fsp3) is 0.143. The average molecular weight is 375 g/mol. The lowest BCUT2D eigenvalue weighted by Crippen LogP contribution is -2.15. The molecule has 0 saturated carbocycles. The molecule has 0 bridgehead atoms. The molecule has 20 heavy (non-hydrogen) atoms. The molecule has 0 radical (unpaired) electrons. The molecule has 2 aromatic rings. The highest BCUT2D eigenvalue weighted by Gasteiger charge is 2.19. The molecule has 2 aromatic carbocycles. The van der Waals surface area contributed by atoms with E-state index in [4.69, 9.17) is 11.6 Å². The van der Waals surface area contributed by atoms with Crippen LogP contribution in [0.1, 0.15) is 11.1 Å². The van der Waals surface area contributed by atoms with Crippen LogP contribution in [0.4, 0.5) is 5.69 Å². The summed E-state index contributed by atoms with van der Waals surface area (Å²) in [5, 5.41) is 0.201. The third-order valence-corrected chi connectivity index (χ3v) is 5.17. The minimum Gasteiger partial charge on any atom is -0.279 e. The molecule has 0 spiro atoms. The minimum absolute atomic E-state index is 0.0726. The molecule has 106 valence electrons. The van der Waals surface area contributed by atoms with Gasteiger partial charge in [0.25, 0.3) is 10.0 Å². The van der Waals surface area contributed by atoms with Gasteiger partial charge in [-0.15, -0.1) is 0 Å². The number of rotatable bonds is 3. The highest BCUT2D eigenvalue weighted by Crippen LogP contribution is 2.29. The lowest BCUT2D eigenvalue weighted by Gasteiger charge is -2.14. The van der Waals surface area contributed by atoms with Crippen molar-refractivity contribution in [3.05, 3.63) is 57.0 Å². The molecule has 0 unspecified atom stereocenters. The van der Waals surface area contributed by atoms with Gasteiger partial charge in [-0.3, -0.25) is 4.72 Å². The summed E-state index contributed by atoms with van der Waals surface area (Å²) in [6.45, 7) is 3.70.